The van der Waals surface area contributed by atoms with Gasteiger partial charge in [0, 0.05) is 21.3 Å². The van der Waals surface area contributed by atoms with Crippen molar-refractivity contribution in [3.63, 3.8) is 0 Å². The molecular weight excluding hydrogens is 332 g/mol. The molecule has 1 aromatic carbocycles. The van der Waals surface area contributed by atoms with Gasteiger partial charge in [0.05, 0.1) is 10.4 Å². The number of aliphatic carboxylic acids is 1. The Morgan fingerprint density at radius 3 is 2.57 bits per heavy atom. The highest BCUT2D eigenvalue weighted by molar-refractivity contribution is 7.99. The lowest BCUT2D eigenvalue weighted by Gasteiger charge is -2.05. The molecule has 1 N–H and O–H groups in total. The van der Waals surface area contributed by atoms with Crippen LogP contribution in [0.3, 0.4) is 0 Å². The van der Waals surface area contributed by atoms with E-state index in [1.807, 2.05) is 50.2 Å². The lowest BCUT2D eigenvalue weighted by atomic mass is 10.3. The maximum Gasteiger partial charge on any atom is 0.323 e. The van der Waals surface area contributed by atoms with Crippen LogP contribution in [0.4, 0.5) is 0 Å². The molecule has 4 nitrogen and oxygen atoms in total. The van der Waals surface area contributed by atoms with E-state index < -0.39 is 5.97 Å². The third-order valence-electron chi connectivity index (χ3n) is 3.58. The Bertz CT molecular complexity index is 888. The molecule has 0 amide bonds. The molecule has 3 aromatic rings. The van der Waals surface area contributed by atoms with Crippen LogP contribution in [0.25, 0.3) is 11.0 Å². The van der Waals surface area contributed by atoms with Crippen molar-refractivity contribution in [3.8, 4) is 0 Å². The number of fused-ring (bicyclic) bond motifs is 1. The van der Waals surface area contributed by atoms with Gasteiger partial charge in [-0.1, -0.05) is 23.4 Å². The molecular formula is C17H15ClN2O2S. The number of benzene rings is 1. The molecule has 0 radical (unpaired) electrons. The van der Waals surface area contributed by atoms with Crippen molar-refractivity contribution >= 4 is 40.4 Å². The Balaban J connectivity index is 2.14. The topological polar surface area (TPSA) is 55.1 Å². The van der Waals surface area contributed by atoms with E-state index >= 15 is 0 Å². The SMILES string of the molecule is Cc1ccc2c(n1)c(Sc1ccc(Cl)cc1)c(C)n2CC(=O)O. The number of carboxylic acids is 1. The van der Waals surface area contributed by atoms with Gasteiger partial charge >= 0.3 is 5.97 Å². The lowest BCUT2D eigenvalue weighted by Crippen LogP contribution is -2.09. The van der Waals surface area contributed by atoms with Crippen molar-refractivity contribution in [2.24, 2.45) is 0 Å². The van der Waals surface area contributed by atoms with Crippen LogP contribution < -0.4 is 0 Å². The largest absolute Gasteiger partial charge is 0.480 e. The summed E-state index contributed by atoms with van der Waals surface area (Å²) in [7, 11) is 0. The Morgan fingerprint density at radius 1 is 1.22 bits per heavy atom. The van der Waals surface area contributed by atoms with Gasteiger partial charge in [-0.25, -0.2) is 0 Å². The summed E-state index contributed by atoms with van der Waals surface area (Å²) in [6.07, 6.45) is 0. The number of halogens is 1. The molecule has 0 saturated carbocycles. The molecule has 0 saturated heterocycles. The van der Waals surface area contributed by atoms with Gasteiger partial charge in [-0.05, 0) is 50.2 Å². The molecule has 6 heteroatoms. The smallest absolute Gasteiger partial charge is 0.323 e. The van der Waals surface area contributed by atoms with E-state index in [-0.39, 0.29) is 6.54 Å². The summed E-state index contributed by atoms with van der Waals surface area (Å²) in [5.41, 5.74) is 3.49. The molecule has 0 aliphatic rings. The standard InChI is InChI=1S/C17H15ClN2O2S/c1-10-3-8-14-16(19-10)17(11(2)20(14)9-15(21)22)23-13-6-4-12(18)5-7-13/h3-8H,9H2,1-2H3,(H,21,22). The minimum absolute atomic E-state index is 0.0751. The first-order valence-electron chi connectivity index (χ1n) is 7.07. The zero-order valence-corrected chi connectivity index (χ0v) is 14.3. The first kappa shape index (κ1) is 15.9. The summed E-state index contributed by atoms with van der Waals surface area (Å²) in [6, 6.07) is 11.4. The number of pyridine rings is 1. The fourth-order valence-electron chi connectivity index (χ4n) is 2.49. The summed E-state index contributed by atoms with van der Waals surface area (Å²) in [4.78, 5) is 17.8. The number of carbonyl (C=O) groups is 1. The summed E-state index contributed by atoms with van der Waals surface area (Å²) in [5, 5.41) is 9.86. The highest BCUT2D eigenvalue weighted by Crippen LogP contribution is 2.37. The maximum atomic E-state index is 11.2. The Hall–Kier alpha value is -1.98. The molecule has 0 bridgehead atoms. The first-order chi connectivity index (χ1) is 11.0. The highest BCUT2D eigenvalue weighted by atomic mass is 35.5. The normalized spacial score (nSPS) is 11.1. The molecule has 2 heterocycles. The average Bonchev–Trinajstić information content (AvgIpc) is 2.74. The number of aryl methyl sites for hydroxylation is 1. The zero-order valence-electron chi connectivity index (χ0n) is 12.7. The van der Waals surface area contributed by atoms with Crippen molar-refractivity contribution in [2.45, 2.75) is 30.2 Å². The van der Waals surface area contributed by atoms with E-state index in [9.17, 15) is 9.90 Å². The number of rotatable bonds is 4. The lowest BCUT2D eigenvalue weighted by molar-refractivity contribution is -0.137. The van der Waals surface area contributed by atoms with Crippen LogP contribution in [-0.4, -0.2) is 20.6 Å². The van der Waals surface area contributed by atoms with Crippen LogP contribution in [0, 0.1) is 13.8 Å². The van der Waals surface area contributed by atoms with E-state index in [0.717, 1.165) is 32.2 Å². The summed E-state index contributed by atoms with van der Waals surface area (Å²) in [6.45, 7) is 3.78. The minimum Gasteiger partial charge on any atom is -0.480 e. The molecule has 0 atom stereocenters. The Morgan fingerprint density at radius 2 is 1.91 bits per heavy atom. The van der Waals surface area contributed by atoms with Gasteiger partial charge in [0.2, 0.25) is 0 Å². The van der Waals surface area contributed by atoms with Gasteiger partial charge in [-0.15, -0.1) is 0 Å². The van der Waals surface area contributed by atoms with Gasteiger partial charge in [0.1, 0.15) is 12.1 Å². The van der Waals surface area contributed by atoms with Crippen LogP contribution in [-0.2, 0) is 11.3 Å². The van der Waals surface area contributed by atoms with Crippen LogP contribution >= 0.6 is 23.4 Å². The van der Waals surface area contributed by atoms with E-state index in [2.05, 4.69) is 4.98 Å². The number of carboxylic acid groups (broad SMARTS) is 1. The molecule has 0 aliphatic carbocycles. The van der Waals surface area contributed by atoms with Crippen LogP contribution in [0.1, 0.15) is 11.4 Å². The van der Waals surface area contributed by atoms with Crippen molar-refractivity contribution in [3.05, 3.63) is 52.8 Å². The number of hydrogen-bond donors (Lipinski definition) is 1. The molecule has 0 aliphatic heterocycles. The van der Waals surface area contributed by atoms with Crippen molar-refractivity contribution in [2.75, 3.05) is 0 Å². The van der Waals surface area contributed by atoms with E-state index in [1.165, 1.54) is 0 Å². The molecule has 118 valence electrons. The first-order valence-corrected chi connectivity index (χ1v) is 8.27. The van der Waals surface area contributed by atoms with E-state index in [0.29, 0.717) is 5.02 Å². The molecule has 0 unspecified atom stereocenters. The van der Waals surface area contributed by atoms with Crippen molar-refractivity contribution < 1.29 is 9.90 Å². The highest BCUT2D eigenvalue weighted by Gasteiger charge is 2.18. The zero-order chi connectivity index (χ0) is 16.6. The summed E-state index contributed by atoms with van der Waals surface area (Å²) < 4.78 is 1.79. The van der Waals surface area contributed by atoms with E-state index in [1.54, 1.807) is 16.3 Å². The fourth-order valence-corrected chi connectivity index (χ4v) is 3.63. The second-order valence-electron chi connectivity index (χ2n) is 5.27. The van der Waals surface area contributed by atoms with E-state index in [4.69, 9.17) is 11.6 Å². The van der Waals surface area contributed by atoms with Crippen molar-refractivity contribution in [1.29, 1.82) is 0 Å². The second kappa shape index (κ2) is 6.26. The molecule has 3 rings (SSSR count). The Labute approximate surface area is 143 Å². The van der Waals surface area contributed by atoms with Gasteiger partial charge in [0.25, 0.3) is 0 Å². The van der Waals surface area contributed by atoms with Crippen LogP contribution in [0.5, 0.6) is 0 Å². The molecule has 23 heavy (non-hydrogen) atoms. The number of nitrogens with zero attached hydrogens (tertiary/aromatic N) is 2. The van der Waals surface area contributed by atoms with Crippen LogP contribution in [0.2, 0.25) is 5.02 Å². The van der Waals surface area contributed by atoms with Gasteiger partial charge < -0.3 is 9.67 Å². The average molecular weight is 347 g/mol. The molecule has 2 aromatic heterocycles. The quantitative estimate of drug-likeness (QED) is 0.753. The third-order valence-corrected chi connectivity index (χ3v) is 5.03. The fraction of sp³-hybridized carbons (Fsp3) is 0.176. The summed E-state index contributed by atoms with van der Waals surface area (Å²) in [5.74, 6) is -0.867. The second-order valence-corrected chi connectivity index (χ2v) is 6.79. The molecule has 0 fully saturated rings. The van der Waals surface area contributed by atoms with Gasteiger partial charge in [-0.3, -0.25) is 9.78 Å². The number of aromatic nitrogens is 2. The number of hydrogen-bond acceptors (Lipinski definition) is 3. The van der Waals surface area contributed by atoms with Gasteiger partial charge in [-0.2, -0.15) is 0 Å². The maximum absolute atomic E-state index is 11.2. The predicted octanol–water partition coefficient (Wildman–Crippen LogP) is 4.54. The predicted molar refractivity (Wildman–Crippen MR) is 92.4 cm³/mol. The third kappa shape index (κ3) is 3.21. The van der Waals surface area contributed by atoms with Crippen molar-refractivity contribution in [1.82, 2.24) is 9.55 Å². The van der Waals surface area contributed by atoms with Gasteiger partial charge in [0.15, 0.2) is 0 Å². The Kier molecular flexibility index (Phi) is 4.33. The molecule has 0 spiro atoms. The monoisotopic (exact) mass is 346 g/mol. The summed E-state index contributed by atoms with van der Waals surface area (Å²) >= 11 is 7.51. The minimum atomic E-state index is -0.867. The van der Waals surface area contributed by atoms with Crippen LogP contribution in [0.15, 0.2) is 46.2 Å².